The number of aryl methyl sites for hydroxylation is 1. The van der Waals surface area contributed by atoms with Gasteiger partial charge in [-0.05, 0) is 39.8 Å². The summed E-state index contributed by atoms with van der Waals surface area (Å²) in [5, 5.41) is 9.04. The number of guanidine groups is 1. The fourth-order valence-electron chi connectivity index (χ4n) is 2.44. The summed E-state index contributed by atoms with van der Waals surface area (Å²) in [6.45, 7) is 9.14. The molecule has 1 aromatic carbocycles. The second-order valence-electron chi connectivity index (χ2n) is 7.61. The highest BCUT2D eigenvalue weighted by molar-refractivity contribution is 5.79. The largest absolute Gasteiger partial charge is 0.444 e. The first-order valence-electron chi connectivity index (χ1n) is 9.69. The first-order chi connectivity index (χ1) is 13.8. The zero-order valence-electron chi connectivity index (χ0n) is 17.8. The van der Waals surface area contributed by atoms with Gasteiger partial charge < -0.3 is 25.1 Å². The number of nitrogens with one attached hydrogen (secondary N) is 3. The molecule has 0 radical (unpaired) electrons. The second-order valence-corrected chi connectivity index (χ2v) is 7.61. The molecule has 0 aliphatic rings. The van der Waals surface area contributed by atoms with Gasteiger partial charge in [-0.1, -0.05) is 17.7 Å². The summed E-state index contributed by atoms with van der Waals surface area (Å²) in [5.74, 6) is 1.27. The van der Waals surface area contributed by atoms with Gasteiger partial charge in [-0.15, -0.1) is 0 Å². The molecule has 0 saturated carbocycles. The predicted molar refractivity (Wildman–Crippen MR) is 114 cm³/mol. The van der Waals surface area contributed by atoms with Crippen molar-refractivity contribution in [3.63, 3.8) is 0 Å². The number of hydrogen-bond donors (Lipinski definition) is 3. The van der Waals surface area contributed by atoms with Gasteiger partial charge in [0.05, 0.1) is 5.69 Å². The summed E-state index contributed by atoms with van der Waals surface area (Å²) < 4.78 is 10.8. The normalized spacial score (nSPS) is 11.8. The van der Waals surface area contributed by atoms with Crippen LogP contribution in [-0.2, 0) is 11.2 Å². The molecule has 1 aromatic heterocycles. The first kappa shape index (κ1) is 22.3. The van der Waals surface area contributed by atoms with Gasteiger partial charge in [0.15, 0.2) is 5.96 Å². The Balaban J connectivity index is 1.68. The molecule has 158 valence electrons. The van der Waals surface area contributed by atoms with Crippen molar-refractivity contribution in [3.8, 4) is 11.5 Å². The van der Waals surface area contributed by atoms with Gasteiger partial charge in [-0.3, -0.25) is 4.99 Å². The van der Waals surface area contributed by atoms with E-state index in [1.807, 2.05) is 52.0 Å². The Morgan fingerprint density at radius 1 is 1.10 bits per heavy atom. The number of carbonyl (C=O) groups excluding carboxylic acids is 1. The van der Waals surface area contributed by atoms with Crippen LogP contribution in [0.5, 0.6) is 0 Å². The van der Waals surface area contributed by atoms with E-state index in [1.165, 1.54) is 5.56 Å². The Kier molecular flexibility index (Phi) is 8.06. The number of ether oxygens (including phenoxy) is 1. The Morgan fingerprint density at radius 3 is 2.41 bits per heavy atom. The van der Waals surface area contributed by atoms with E-state index >= 15 is 0 Å². The zero-order valence-corrected chi connectivity index (χ0v) is 17.8. The third-order valence-electron chi connectivity index (χ3n) is 3.83. The Bertz CT molecular complexity index is 806. The van der Waals surface area contributed by atoms with E-state index in [0.29, 0.717) is 37.9 Å². The number of benzene rings is 1. The molecule has 2 aromatic rings. The van der Waals surface area contributed by atoms with Crippen molar-refractivity contribution in [3.05, 3.63) is 41.8 Å². The van der Waals surface area contributed by atoms with E-state index in [0.717, 1.165) is 11.3 Å². The van der Waals surface area contributed by atoms with Crippen LogP contribution < -0.4 is 16.0 Å². The Morgan fingerprint density at radius 2 is 1.76 bits per heavy atom. The van der Waals surface area contributed by atoms with E-state index in [2.05, 4.69) is 25.9 Å². The van der Waals surface area contributed by atoms with Crippen molar-refractivity contribution in [2.45, 2.75) is 39.7 Å². The fraction of sp³-hybridized carbons (Fsp3) is 0.476. The number of amides is 1. The minimum Gasteiger partial charge on any atom is -0.444 e. The van der Waals surface area contributed by atoms with Gasteiger partial charge in [-0.2, -0.15) is 0 Å². The van der Waals surface area contributed by atoms with E-state index in [4.69, 9.17) is 9.15 Å². The lowest BCUT2D eigenvalue weighted by Crippen LogP contribution is -2.43. The molecule has 0 atom stereocenters. The minimum absolute atomic E-state index is 0.429. The molecule has 1 amide bonds. The average Bonchev–Trinajstić information content (AvgIpc) is 3.11. The van der Waals surface area contributed by atoms with Gasteiger partial charge in [0.2, 0.25) is 5.89 Å². The van der Waals surface area contributed by atoms with Gasteiger partial charge in [0, 0.05) is 38.7 Å². The summed E-state index contributed by atoms with van der Waals surface area (Å²) in [6, 6.07) is 8.07. The van der Waals surface area contributed by atoms with Crippen LogP contribution in [0, 0.1) is 6.92 Å². The second kappa shape index (κ2) is 10.5. The summed E-state index contributed by atoms with van der Waals surface area (Å²) in [7, 11) is 1.70. The van der Waals surface area contributed by atoms with Crippen LogP contribution in [0.1, 0.15) is 32.0 Å². The molecule has 1 heterocycles. The third kappa shape index (κ3) is 8.25. The Hall–Kier alpha value is -3.03. The molecule has 2 rings (SSSR count). The lowest BCUT2D eigenvalue weighted by Gasteiger charge is -2.19. The summed E-state index contributed by atoms with van der Waals surface area (Å²) in [6.07, 6.45) is 1.95. The molecule has 0 unspecified atom stereocenters. The van der Waals surface area contributed by atoms with Crippen LogP contribution in [-0.4, -0.2) is 49.3 Å². The topological polar surface area (TPSA) is 101 Å². The number of rotatable bonds is 7. The molecule has 0 spiro atoms. The molecule has 29 heavy (non-hydrogen) atoms. The van der Waals surface area contributed by atoms with Gasteiger partial charge in [0.25, 0.3) is 0 Å². The van der Waals surface area contributed by atoms with Crippen LogP contribution in [0.4, 0.5) is 4.79 Å². The highest BCUT2D eigenvalue weighted by atomic mass is 16.6. The maximum atomic E-state index is 11.6. The van der Waals surface area contributed by atoms with E-state index in [-0.39, 0.29) is 0 Å². The SMILES string of the molecule is CN=C(NCCNC(=O)OC(C)(C)C)NCCc1coc(-c2ccc(C)cc2)n1. The number of alkyl carbamates (subject to hydrolysis) is 1. The van der Waals surface area contributed by atoms with E-state index in [9.17, 15) is 4.79 Å². The van der Waals surface area contributed by atoms with Gasteiger partial charge in [0.1, 0.15) is 11.9 Å². The molecule has 8 heteroatoms. The fourth-order valence-corrected chi connectivity index (χ4v) is 2.44. The van der Waals surface area contributed by atoms with Crippen LogP contribution in [0.2, 0.25) is 0 Å². The molecular formula is C21H31N5O3. The molecule has 0 bridgehead atoms. The quantitative estimate of drug-likeness (QED) is 0.375. The van der Waals surface area contributed by atoms with Crippen LogP contribution >= 0.6 is 0 Å². The summed E-state index contributed by atoms with van der Waals surface area (Å²) >= 11 is 0. The number of aromatic nitrogens is 1. The van der Waals surface area contributed by atoms with E-state index < -0.39 is 11.7 Å². The van der Waals surface area contributed by atoms with Crippen LogP contribution in [0.3, 0.4) is 0 Å². The van der Waals surface area contributed by atoms with Crippen molar-refractivity contribution in [1.82, 2.24) is 20.9 Å². The summed E-state index contributed by atoms with van der Waals surface area (Å²) in [4.78, 5) is 20.3. The molecule has 0 aliphatic carbocycles. The molecule has 3 N–H and O–H groups in total. The highest BCUT2D eigenvalue weighted by Crippen LogP contribution is 2.19. The zero-order chi connectivity index (χ0) is 21.3. The number of oxazole rings is 1. The maximum absolute atomic E-state index is 11.6. The van der Waals surface area contributed by atoms with Crippen molar-refractivity contribution < 1.29 is 13.9 Å². The monoisotopic (exact) mass is 401 g/mol. The molecular weight excluding hydrogens is 370 g/mol. The van der Waals surface area contributed by atoms with Crippen LogP contribution in [0.15, 0.2) is 39.9 Å². The lowest BCUT2D eigenvalue weighted by atomic mass is 10.1. The van der Waals surface area contributed by atoms with Crippen molar-refractivity contribution in [2.24, 2.45) is 4.99 Å². The number of carbonyl (C=O) groups is 1. The first-order valence-corrected chi connectivity index (χ1v) is 9.69. The smallest absolute Gasteiger partial charge is 0.407 e. The average molecular weight is 402 g/mol. The minimum atomic E-state index is -0.504. The maximum Gasteiger partial charge on any atom is 0.407 e. The van der Waals surface area contributed by atoms with Crippen LogP contribution in [0.25, 0.3) is 11.5 Å². The number of aliphatic imine (C=N–C) groups is 1. The van der Waals surface area contributed by atoms with Crippen molar-refractivity contribution >= 4 is 12.1 Å². The molecule has 8 nitrogen and oxygen atoms in total. The molecule has 0 fully saturated rings. The number of hydrogen-bond acceptors (Lipinski definition) is 5. The highest BCUT2D eigenvalue weighted by Gasteiger charge is 2.15. The number of nitrogens with zero attached hydrogens (tertiary/aromatic N) is 2. The molecule has 0 saturated heterocycles. The standard InChI is InChI=1S/C21H31N5O3/c1-15-6-8-16(9-7-15)18-26-17(14-28-18)10-11-23-19(22-5)24-12-13-25-20(27)29-21(2,3)4/h6-9,14H,10-13H2,1-5H3,(H,25,27)(H2,22,23,24). The van der Waals surface area contributed by atoms with Gasteiger partial charge in [-0.25, -0.2) is 9.78 Å². The molecule has 0 aliphatic heterocycles. The van der Waals surface area contributed by atoms with Gasteiger partial charge >= 0.3 is 6.09 Å². The third-order valence-corrected chi connectivity index (χ3v) is 3.83. The van der Waals surface area contributed by atoms with Crippen molar-refractivity contribution in [2.75, 3.05) is 26.7 Å². The predicted octanol–water partition coefficient (Wildman–Crippen LogP) is 2.88. The Labute approximate surface area is 172 Å². The summed E-state index contributed by atoms with van der Waals surface area (Å²) in [5.41, 5.74) is 2.53. The lowest BCUT2D eigenvalue weighted by molar-refractivity contribution is 0.0529. The van der Waals surface area contributed by atoms with Crippen molar-refractivity contribution in [1.29, 1.82) is 0 Å². The van der Waals surface area contributed by atoms with E-state index in [1.54, 1.807) is 13.3 Å².